The maximum Gasteiger partial charge on any atom is 0.180 e. The van der Waals surface area contributed by atoms with Crippen molar-refractivity contribution in [3.05, 3.63) is 24.0 Å². The van der Waals surface area contributed by atoms with Crippen LogP contribution in [0.5, 0.6) is 0 Å². The Labute approximate surface area is 119 Å². The van der Waals surface area contributed by atoms with Crippen LogP contribution in [0.3, 0.4) is 0 Å². The monoisotopic (exact) mass is 275 g/mol. The highest BCUT2D eigenvalue weighted by atomic mass is 16.5. The Morgan fingerprint density at radius 2 is 2.15 bits per heavy atom. The third-order valence-corrected chi connectivity index (χ3v) is 2.81. The molecule has 1 N–H and O–H groups in total. The van der Waals surface area contributed by atoms with Crippen molar-refractivity contribution in [1.82, 2.24) is 19.7 Å². The van der Waals surface area contributed by atoms with E-state index < -0.39 is 0 Å². The van der Waals surface area contributed by atoms with Crippen LogP contribution in [0.25, 0.3) is 11.5 Å². The van der Waals surface area contributed by atoms with E-state index >= 15 is 0 Å². The van der Waals surface area contributed by atoms with Gasteiger partial charge in [0.05, 0.1) is 12.3 Å². The molecule has 0 saturated carbocycles. The summed E-state index contributed by atoms with van der Waals surface area (Å²) in [5.41, 5.74) is 1.79. The number of rotatable bonds is 7. The Kier molecular flexibility index (Phi) is 5.06. The van der Waals surface area contributed by atoms with Gasteiger partial charge in [0, 0.05) is 32.5 Å². The lowest BCUT2D eigenvalue weighted by Gasteiger charge is -2.10. The fourth-order valence-electron chi connectivity index (χ4n) is 2.02. The quantitative estimate of drug-likeness (QED) is 0.840. The number of nitrogens with zero attached hydrogens (tertiary/aromatic N) is 4. The van der Waals surface area contributed by atoms with Gasteiger partial charge >= 0.3 is 0 Å². The van der Waals surface area contributed by atoms with Gasteiger partial charge in [-0.05, 0) is 19.4 Å². The van der Waals surface area contributed by atoms with Crippen molar-refractivity contribution in [2.45, 2.75) is 33.4 Å². The molecule has 2 rings (SSSR count). The van der Waals surface area contributed by atoms with Crippen LogP contribution in [0.15, 0.2) is 18.3 Å². The number of anilines is 1. The van der Waals surface area contributed by atoms with Crippen LogP contribution >= 0.6 is 0 Å². The average molecular weight is 275 g/mol. The summed E-state index contributed by atoms with van der Waals surface area (Å²) in [5.74, 6) is 1.50. The van der Waals surface area contributed by atoms with Crippen LogP contribution in [0, 0.1) is 0 Å². The van der Waals surface area contributed by atoms with E-state index in [1.165, 1.54) is 0 Å². The van der Waals surface area contributed by atoms with E-state index in [4.69, 9.17) is 4.74 Å². The maximum absolute atomic E-state index is 5.17. The minimum absolute atomic E-state index is 0.468. The fourth-order valence-corrected chi connectivity index (χ4v) is 2.02. The van der Waals surface area contributed by atoms with Gasteiger partial charge in [-0.1, -0.05) is 6.92 Å². The van der Waals surface area contributed by atoms with Gasteiger partial charge in [0.25, 0.3) is 0 Å². The van der Waals surface area contributed by atoms with Gasteiger partial charge in [0.15, 0.2) is 5.82 Å². The highest BCUT2D eigenvalue weighted by Crippen LogP contribution is 2.18. The van der Waals surface area contributed by atoms with Crippen LogP contribution in [0.1, 0.15) is 26.0 Å². The highest BCUT2D eigenvalue weighted by molar-refractivity contribution is 5.53. The van der Waals surface area contributed by atoms with Gasteiger partial charge in [-0.3, -0.25) is 4.68 Å². The summed E-state index contributed by atoms with van der Waals surface area (Å²) < 4.78 is 7.10. The Morgan fingerprint density at radius 1 is 1.30 bits per heavy atom. The Hall–Kier alpha value is -1.95. The molecule has 0 fully saturated rings. The summed E-state index contributed by atoms with van der Waals surface area (Å²) in [7, 11) is 1.66. The molecule has 0 aromatic carbocycles. The summed E-state index contributed by atoms with van der Waals surface area (Å²) in [6.07, 6.45) is 2.80. The molecule has 2 aromatic heterocycles. The van der Waals surface area contributed by atoms with Crippen molar-refractivity contribution >= 4 is 5.82 Å². The maximum atomic E-state index is 5.17. The predicted molar refractivity (Wildman–Crippen MR) is 78.4 cm³/mol. The van der Waals surface area contributed by atoms with Gasteiger partial charge in [0.1, 0.15) is 11.5 Å². The van der Waals surface area contributed by atoms with Gasteiger partial charge in [-0.15, -0.1) is 0 Å². The number of aryl methyl sites for hydroxylation is 1. The minimum atomic E-state index is 0.468. The van der Waals surface area contributed by atoms with Crippen molar-refractivity contribution in [2.24, 2.45) is 0 Å². The van der Waals surface area contributed by atoms with E-state index in [9.17, 15) is 0 Å². The molecule has 2 aromatic rings. The zero-order valence-electron chi connectivity index (χ0n) is 12.3. The molecule has 0 aliphatic carbocycles. The summed E-state index contributed by atoms with van der Waals surface area (Å²) in [5, 5.41) is 7.54. The van der Waals surface area contributed by atoms with Gasteiger partial charge in [-0.25, -0.2) is 9.97 Å². The predicted octanol–water partition coefficient (Wildman–Crippen LogP) is 2.33. The number of nitrogens with one attached hydrogen (secondary N) is 1. The number of aromatic nitrogens is 4. The molecule has 2 heterocycles. The van der Waals surface area contributed by atoms with E-state index in [1.807, 2.05) is 23.7 Å². The van der Waals surface area contributed by atoms with E-state index in [0.717, 1.165) is 36.7 Å². The molecular weight excluding hydrogens is 254 g/mol. The number of hydrogen-bond donors (Lipinski definition) is 1. The smallest absolute Gasteiger partial charge is 0.180 e. The molecule has 0 saturated heterocycles. The van der Waals surface area contributed by atoms with Gasteiger partial charge < -0.3 is 10.1 Å². The van der Waals surface area contributed by atoms with E-state index in [0.29, 0.717) is 12.4 Å². The molecule has 0 bridgehead atoms. The topological polar surface area (TPSA) is 64.9 Å². The highest BCUT2D eigenvalue weighted by Gasteiger charge is 2.11. The molecule has 0 spiro atoms. The van der Waals surface area contributed by atoms with Crippen LogP contribution in [0.2, 0.25) is 0 Å². The van der Waals surface area contributed by atoms with Gasteiger partial charge in [0.2, 0.25) is 0 Å². The fraction of sp³-hybridized carbons (Fsp3) is 0.500. The van der Waals surface area contributed by atoms with Crippen LogP contribution < -0.4 is 5.32 Å². The molecule has 0 unspecified atom stereocenters. The molecule has 0 amide bonds. The summed E-state index contributed by atoms with van der Waals surface area (Å²) in [6.45, 7) is 6.31. The molecule has 0 aliphatic rings. The first-order valence-electron chi connectivity index (χ1n) is 6.91. The molecule has 0 atom stereocenters. The van der Waals surface area contributed by atoms with Crippen molar-refractivity contribution in [2.75, 3.05) is 19.0 Å². The lowest BCUT2D eigenvalue weighted by Crippen LogP contribution is -2.08. The number of ether oxygens (including phenoxy) is 1. The standard InChI is InChI=1S/C14H21N5O/c1-4-8-19-12(6-7-16-19)14-17-11(10-20-3)9-13(18-14)15-5-2/h6-7,9H,4-5,8,10H2,1-3H3,(H,15,17,18). The third-order valence-electron chi connectivity index (χ3n) is 2.81. The third kappa shape index (κ3) is 3.33. The van der Waals surface area contributed by atoms with E-state index in [1.54, 1.807) is 13.3 Å². The Morgan fingerprint density at radius 3 is 2.85 bits per heavy atom. The van der Waals surface area contributed by atoms with Crippen molar-refractivity contribution in [1.29, 1.82) is 0 Å². The Bertz CT molecular complexity index is 528. The Balaban J connectivity index is 2.40. The second-order valence-electron chi connectivity index (χ2n) is 4.47. The molecule has 6 nitrogen and oxygen atoms in total. The molecule has 6 heteroatoms. The lowest BCUT2D eigenvalue weighted by molar-refractivity contribution is 0.181. The number of methoxy groups -OCH3 is 1. The minimum Gasteiger partial charge on any atom is -0.378 e. The first-order chi connectivity index (χ1) is 9.78. The zero-order chi connectivity index (χ0) is 14.4. The first-order valence-corrected chi connectivity index (χ1v) is 6.91. The van der Waals surface area contributed by atoms with E-state index in [2.05, 4.69) is 27.3 Å². The van der Waals surface area contributed by atoms with Crippen LogP contribution in [-0.4, -0.2) is 33.4 Å². The molecular formula is C14H21N5O. The number of hydrogen-bond acceptors (Lipinski definition) is 5. The average Bonchev–Trinajstić information content (AvgIpc) is 2.88. The first kappa shape index (κ1) is 14.5. The van der Waals surface area contributed by atoms with E-state index in [-0.39, 0.29) is 0 Å². The second kappa shape index (κ2) is 7.00. The van der Waals surface area contributed by atoms with Crippen molar-refractivity contribution < 1.29 is 4.74 Å². The van der Waals surface area contributed by atoms with Crippen LogP contribution in [0.4, 0.5) is 5.82 Å². The summed E-state index contributed by atoms with van der Waals surface area (Å²) in [6, 6.07) is 3.86. The molecule has 0 aliphatic heterocycles. The van der Waals surface area contributed by atoms with Crippen molar-refractivity contribution in [3.63, 3.8) is 0 Å². The zero-order valence-corrected chi connectivity index (χ0v) is 12.3. The van der Waals surface area contributed by atoms with Crippen LogP contribution in [-0.2, 0) is 17.9 Å². The lowest BCUT2D eigenvalue weighted by atomic mass is 10.3. The molecule has 108 valence electrons. The second-order valence-corrected chi connectivity index (χ2v) is 4.47. The summed E-state index contributed by atoms with van der Waals surface area (Å²) >= 11 is 0. The SMILES string of the molecule is CCCn1nccc1-c1nc(COC)cc(NCC)n1. The molecule has 20 heavy (non-hydrogen) atoms. The molecule has 0 radical (unpaired) electrons. The summed E-state index contributed by atoms with van der Waals surface area (Å²) in [4.78, 5) is 9.11. The normalized spacial score (nSPS) is 10.8. The van der Waals surface area contributed by atoms with Crippen molar-refractivity contribution in [3.8, 4) is 11.5 Å². The van der Waals surface area contributed by atoms with Gasteiger partial charge in [-0.2, -0.15) is 5.10 Å². The largest absolute Gasteiger partial charge is 0.378 e.